The number of amides is 1. The summed E-state index contributed by atoms with van der Waals surface area (Å²) in [4.78, 5) is 13.9. The average molecular weight is 302 g/mol. The first-order valence-corrected chi connectivity index (χ1v) is 7.52. The molecule has 1 amide bonds. The highest BCUT2D eigenvalue weighted by Gasteiger charge is 2.33. The molecule has 1 fully saturated rings. The van der Waals surface area contributed by atoms with E-state index in [1.54, 1.807) is 11.0 Å². The maximum atomic E-state index is 12.3. The van der Waals surface area contributed by atoms with Gasteiger partial charge in [0.25, 0.3) is 0 Å². The van der Waals surface area contributed by atoms with E-state index in [2.05, 4.69) is 0 Å². The molecule has 2 rings (SSSR count). The molecule has 1 aromatic rings. The fourth-order valence-corrected chi connectivity index (χ4v) is 3.34. The molecule has 0 aromatic heterocycles. The number of hydrogen-bond donors (Lipinski definition) is 2. The number of para-hydroxylation sites is 1. The van der Waals surface area contributed by atoms with E-state index in [9.17, 15) is 9.90 Å². The number of thioether (sulfide) groups is 1. The number of carbonyl (C=O) groups excluding carboxylic acids is 1. The molecule has 2 atom stereocenters. The van der Waals surface area contributed by atoms with Crippen molar-refractivity contribution in [2.45, 2.75) is 17.8 Å². The van der Waals surface area contributed by atoms with Crippen molar-refractivity contribution < 1.29 is 15.0 Å². The maximum Gasteiger partial charge on any atom is 0.240 e. The predicted molar refractivity (Wildman–Crippen MR) is 77.8 cm³/mol. The first-order chi connectivity index (χ1) is 9.13. The number of halogens is 1. The van der Waals surface area contributed by atoms with Crippen molar-refractivity contribution in [2.75, 3.05) is 23.8 Å². The number of benzene rings is 1. The van der Waals surface area contributed by atoms with Gasteiger partial charge in [0.2, 0.25) is 5.91 Å². The quantitative estimate of drug-likeness (QED) is 0.866. The molecule has 19 heavy (non-hydrogen) atoms. The zero-order valence-electron chi connectivity index (χ0n) is 10.3. The molecule has 1 aliphatic heterocycles. The molecule has 1 aliphatic rings. The second-order valence-corrected chi connectivity index (χ2v) is 6.03. The summed E-state index contributed by atoms with van der Waals surface area (Å²) in [6.45, 7) is 0.359. The zero-order valence-corrected chi connectivity index (χ0v) is 11.9. The summed E-state index contributed by atoms with van der Waals surface area (Å²) in [6, 6.07) is 7.27. The minimum atomic E-state index is -0.771. The summed E-state index contributed by atoms with van der Waals surface area (Å²) in [7, 11) is 0. The lowest BCUT2D eigenvalue weighted by molar-refractivity contribution is -0.116. The Kier molecular flexibility index (Phi) is 5.10. The van der Waals surface area contributed by atoms with Crippen molar-refractivity contribution >= 4 is 35.0 Å². The van der Waals surface area contributed by atoms with E-state index in [0.717, 1.165) is 12.1 Å². The number of anilines is 1. The Labute approximate surface area is 121 Å². The predicted octanol–water partition coefficient (Wildman–Crippen LogP) is 1.53. The van der Waals surface area contributed by atoms with Gasteiger partial charge in [-0.15, -0.1) is 11.8 Å². The third-order valence-electron chi connectivity index (χ3n) is 3.00. The Balaban J connectivity index is 2.00. The standard InChI is InChI=1S/C13H16ClNO3S/c14-10-3-1-2-4-11(10)15-6-5-12(13(15)18)19-8-9(17)7-16/h1-4,9,12,16-17H,5-8H2/t9-,12-/m1/s1. The third-order valence-corrected chi connectivity index (χ3v) is 4.74. The zero-order chi connectivity index (χ0) is 13.8. The summed E-state index contributed by atoms with van der Waals surface area (Å²) in [5.41, 5.74) is 0.736. The van der Waals surface area contributed by atoms with Crippen molar-refractivity contribution in [3.8, 4) is 0 Å². The SMILES string of the molecule is O=C1[C@H](SC[C@H](O)CO)CCN1c1ccccc1Cl. The van der Waals surface area contributed by atoms with Crippen LogP contribution in [0.2, 0.25) is 5.02 Å². The Morgan fingerprint density at radius 2 is 2.21 bits per heavy atom. The maximum absolute atomic E-state index is 12.3. The van der Waals surface area contributed by atoms with Gasteiger partial charge in [-0.2, -0.15) is 0 Å². The van der Waals surface area contributed by atoms with Crippen molar-refractivity contribution in [3.05, 3.63) is 29.3 Å². The van der Waals surface area contributed by atoms with Crippen LogP contribution in [0.1, 0.15) is 6.42 Å². The van der Waals surface area contributed by atoms with Crippen molar-refractivity contribution in [2.24, 2.45) is 0 Å². The van der Waals surface area contributed by atoms with E-state index in [0.29, 0.717) is 17.3 Å². The smallest absolute Gasteiger partial charge is 0.240 e. The molecule has 0 radical (unpaired) electrons. The van der Waals surface area contributed by atoms with Gasteiger partial charge < -0.3 is 15.1 Å². The molecule has 2 N–H and O–H groups in total. The highest BCUT2D eigenvalue weighted by Crippen LogP contribution is 2.32. The molecule has 1 heterocycles. The summed E-state index contributed by atoms with van der Waals surface area (Å²) in [5, 5.41) is 18.5. The van der Waals surface area contributed by atoms with E-state index in [-0.39, 0.29) is 17.8 Å². The van der Waals surface area contributed by atoms with Crippen LogP contribution in [-0.4, -0.2) is 46.4 Å². The van der Waals surface area contributed by atoms with Crippen molar-refractivity contribution in [1.29, 1.82) is 0 Å². The van der Waals surface area contributed by atoms with Gasteiger partial charge in [0.05, 0.1) is 28.7 Å². The normalized spacial score (nSPS) is 20.9. The molecule has 1 aromatic carbocycles. The van der Waals surface area contributed by atoms with Crippen LogP contribution in [0, 0.1) is 0 Å². The number of hydrogen-bond acceptors (Lipinski definition) is 4. The van der Waals surface area contributed by atoms with E-state index >= 15 is 0 Å². The second-order valence-electron chi connectivity index (χ2n) is 4.39. The summed E-state index contributed by atoms with van der Waals surface area (Å²) >= 11 is 7.48. The number of aliphatic hydroxyl groups is 2. The van der Waals surface area contributed by atoms with Crippen LogP contribution >= 0.6 is 23.4 Å². The molecule has 0 unspecified atom stereocenters. The highest BCUT2D eigenvalue weighted by atomic mass is 35.5. The lowest BCUT2D eigenvalue weighted by Gasteiger charge is -2.18. The van der Waals surface area contributed by atoms with Crippen LogP contribution in [0.15, 0.2) is 24.3 Å². The molecule has 104 valence electrons. The first-order valence-electron chi connectivity index (χ1n) is 6.10. The molecule has 0 spiro atoms. The van der Waals surface area contributed by atoms with Crippen LogP contribution in [0.25, 0.3) is 0 Å². The molecular formula is C13H16ClNO3S. The van der Waals surface area contributed by atoms with E-state index in [4.69, 9.17) is 16.7 Å². The largest absolute Gasteiger partial charge is 0.394 e. The average Bonchev–Trinajstić information content (AvgIpc) is 2.78. The van der Waals surface area contributed by atoms with Crippen LogP contribution in [0.4, 0.5) is 5.69 Å². The van der Waals surface area contributed by atoms with E-state index in [1.807, 2.05) is 18.2 Å². The van der Waals surface area contributed by atoms with Gasteiger partial charge in [-0.1, -0.05) is 23.7 Å². The van der Waals surface area contributed by atoms with E-state index < -0.39 is 6.10 Å². The Bertz CT molecular complexity index is 457. The van der Waals surface area contributed by atoms with Gasteiger partial charge in [0.15, 0.2) is 0 Å². The molecule has 1 saturated heterocycles. The minimum Gasteiger partial charge on any atom is -0.394 e. The number of carbonyl (C=O) groups is 1. The molecule has 6 heteroatoms. The lowest BCUT2D eigenvalue weighted by Crippen LogP contribution is -2.29. The topological polar surface area (TPSA) is 60.8 Å². The minimum absolute atomic E-state index is 0.0169. The fraction of sp³-hybridized carbons (Fsp3) is 0.462. The van der Waals surface area contributed by atoms with Gasteiger partial charge in [-0.05, 0) is 18.6 Å². The monoisotopic (exact) mass is 301 g/mol. The van der Waals surface area contributed by atoms with Crippen LogP contribution in [-0.2, 0) is 4.79 Å². The second kappa shape index (κ2) is 6.61. The number of aliphatic hydroxyl groups excluding tert-OH is 2. The first kappa shape index (κ1) is 14.7. The molecule has 4 nitrogen and oxygen atoms in total. The van der Waals surface area contributed by atoms with Gasteiger partial charge >= 0.3 is 0 Å². The summed E-state index contributed by atoms with van der Waals surface area (Å²) in [6.07, 6.45) is -0.0421. The number of nitrogens with zero attached hydrogens (tertiary/aromatic N) is 1. The Morgan fingerprint density at radius 3 is 2.89 bits per heavy atom. The lowest BCUT2D eigenvalue weighted by atomic mass is 10.3. The van der Waals surface area contributed by atoms with Crippen molar-refractivity contribution in [1.82, 2.24) is 0 Å². The third kappa shape index (κ3) is 3.42. The van der Waals surface area contributed by atoms with Gasteiger partial charge in [-0.3, -0.25) is 4.79 Å². The number of rotatable bonds is 5. The molecule has 0 bridgehead atoms. The van der Waals surface area contributed by atoms with Crippen LogP contribution < -0.4 is 4.90 Å². The van der Waals surface area contributed by atoms with Gasteiger partial charge in [0, 0.05) is 12.3 Å². The molecular weight excluding hydrogens is 286 g/mol. The fourth-order valence-electron chi connectivity index (χ4n) is 2.00. The highest BCUT2D eigenvalue weighted by molar-refractivity contribution is 8.00. The van der Waals surface area contributed by atoms with Crippen molar-refractivity contribution in [3.63, 3.8) is 0 Å². The summed E-state index contributed by atoms with van der Waals surface area (Å²) in [5.74, 6) is 0.381. The summed E-state index contributed by atoms with van der Waals surface area (Å²) < 4.78 is 0. The molecule has 0 saturated carbocycles. The van der Waals surface area contributed by atoms with Crippen LogP contribution in [0.5, 0.6) is 0 Å². The van der Waals surface area contributed by atoms with Gasteiger partial charge in [0.1, 0.15) is 0 Å². The van der Waals surface area contributed by atoms with Crippen LogP contribution in [0.3, 0.4) is 0 Å². The Hall–Kier alpha value is -0.750. The van der Waals surface area contributed by atoms with E-state index in [1.165, 1.54) is 11.8 Å². The Morgan fingerprint density at radius 1 is 1.47 bits per heavy atom. The molecule has 0 aliphatic carbocycles. The van der Waals surface area contributed by atoms with Gasteiger partial charge in [-0.25, -0.2) is 0 Å².